The van der Waals surface area contributed by atoms with Crippen LogP contribution in [0.4, 0.5) is 0 Å². The van der Waals surface area contributed by atoms with Crippen molar-refractivity contribution in [2.45, 2.75) is 6.42 Å². The number of hydrogen-bond acceptors (Lipinski definition) is 2. The molecule has 0 aliphatic rings. The Kier molecular flexibility index (Phi) is 4.83. The third-order valence-corrected chi connectivity index (χ3v) is 1.10. The molecule has 0 radical (unpaired) electrons. The molecule has 7 heavy (non-hydrogen) atoms. The van der Waals surface area contributed by atoms with Crippen LogP contribution in [0.5, 0.6) is 0 Å². The van der Waals surface area contributed by atoms with E-state index in [-0.39, 0.29) is 0 Å². The van der Waals surface area contributed by atoms with Gasteiger partial charge in [0.05, 0.1) is 6.07 Å². The van der Waals surface area contributed by atoms with Gasteiger partial charge >= 0.3 is 0 Å². The zero-order valence-electron chi connectivity index (χ0n) is 3.56. The zero-order valence-corrected chi connectivity index (χ0v) is 6.74. The van der Waals surface area contributed by atoms with Crippen LogP contribution in [-0.4, -0.2) is 9.50 Å². The minimum absolute atomic E-state index is 0.538. The van der Waals surface area contributed by atoms with Crippen molar-refractivity contribution < 1.29 is 0 Å². The monoisotopic (exact) mass is 226 g/mol. The molecule has 0 saturated heterocycles. The Morgan fingerprint density at radius 1 is 1.57 bits per heavy atom. The second-order valence-electron chi connectivity index (χ2n) is 0.935. The highest BCUT2D eigenvalue weighted by molar-refractivity contribution is 9.21. The first-order valence-corrected chi connectivity index (χ1v) is 3.15. The van der Waals surface area contributed by atoms with Gasteiger partial charge in [0.2, 0.25) is 0 Å². The second kappa shape index (κ2) is 4.57. The molecular formula is C3H4Br2N2. The van der Waals surface area contributed by atoms with Crippen molar-refractivity contribution in [1.29, 1.82) is 5.26 Å². The van der Waals surface area contributed by atoms with Gasteiger partial charge < -0.3 is 0 Å². The van der Waals surface area contributed by atoms with Crippen molar-refractivity contribution >= 4 is 32.3 Å². The molecule has 40 valence electrons. The highest BCUT2D eigenvalue weighted by Gasteiger charge is 1.88. The molecule has 0 spiro atoms. The average Bonchev–Trinajstić information content (AvgIpc) is 1.61. The van der Waals surface area contributed by atoms with E-state index in [0.29, 0.717) is 13.0 Å². The molecule has 0 aromatic carbocycles. The van der Waals surface area contributed by atoms with E-state index in [2.05, 4.69) is 32.3 Å². The van der Waals surface area contributed by atoms with Crippen LogP contribution < -0.4 is 0 Å². The largest absolute Gasteiger partial charge is 0.198 e. The number of nitrogens with zero attached hydrogens (tertiary/aromatic N) is 2. The quantitative estimate of drug-likeness (QED) is 0.674. The highest BCUT2D eigenvalue weighted by atomic mass is 79.9. The maximum atomic E-state index is 8.00. The molecule has 0 rings (SSSR count). The highest BCUT2D eigenvalue weighted by Crippen LogP contribution is 2.04. The van der Waals surface area contributed by atoms with E-state index in [4.69, 9.17) is 5.26 Å². The molecule has 4 heteroatoms. The molecule has 0 aliphatic carbocycles. The molecule has 0 saturated carbocycles. The summed E-state index contributed by atoms with van der Waals surface area (Å²) in [6.07, 6.45) is 0.538. The molecule has 0 fully saturated rings. The average molecular weight is 228 g/mol. The number of nitriles is 1. The normalized spacial score (nSPS) is 8.86. The topological polar surface area (TPSA) is 27.0 Å². The van der Waals surface area contributed by atoms with Gasteiger partial charge in [-0.1, -0.05) is 0 Å². The molecule has 0 bridgehead atoms. The first-order chi connectivity index (χ1) is 3.27. The fourth-order valence-electron chi connectivity index (χ4n) is 0.135. The van der Waals surface area contributed by atoms with Crippen LogP contribution in [0, 0.1) is 11.3 Å². The smallest absolute Gasteiger partial charge is 0.0635 e. The van der Waals surface area contributed by atoms with E-state index in [0.717, 1.165) is 0 Å². The van der Waals surface area contributed by atoms with Gasteiger partial charge in [0.25, 0.3) is 0 Å². The van der Waals surface area contributed by atoms with Gasteiger partial charge in [0.1, 0.15) is 0 Å². The summed E-state index contributed by atoms with van der Waals surface area (Å²) in [6.45, 7) is 0.705. The summed E-state index contributed by atoms with van der Waals surface area (Å²) in [4.78, 5) is 0. The molecule has 0 heterocycles. The summed E-state index contributed by atoms with van der Waals surface area (Å²) < 4.78 is 1.61. The van der Waals surface area contributed by atoms with Gasteiger partial charge in [-0.15, -0.1) is 0 Å². The third-order valence-electron chi connectivity index (χ3n) is 0.393. The lowest BCUT2D eigenvalue weighted by molar-refractivity contribution is 0.783. The van der Waals surface area contributed by atoms with Crippen LogP contribution >= 0.6 is 32.3 Å². The van der Waals surface area contributed by atoms with Gasteiger partial charge in [-0.2, -0.15) is 8.21 Å². The summed E-state index contributed by atoms with van der Waals surface area (Å²) >= 11 is 6.15. The second-order valence-corrected chi connectivity index (χ2v) is 3.60. The summed E-state index contributed by atoms with van der Waals surface area (Å²) in [5, 5.41) is 8.00. The Labute approximate surface area is 59.8 Å². The Morgan fingerprint density at radius 2 is 2.14 bits per heavy atom. The Balaban J connectivity index is 2.86. The van der Waals surface area contributed by atoms with Crippen molar-refractivity contribution in [2.75, 3.05) is 6.54 Å². The molecule has 0 N–H and O–H groups in total. The SMILES string of the molecule is N#CCCN(Br)Br. The lowest BCUT2D eigenvalue weighted by Gasteiger charge is -1.95. The third kappa shape index (κ3) is 6.41. The Bertz CT molecular complexity index is 75.5. The molecule has 0 aliphatic heterocycles. The van der Waals surface area contributed by atoms with E-state index in [9.17, 15) is 0 Å². The zero-order chi connectivity index (χ0) is 5.70. The minimum Gasteiger partial charge on any atom is -0.198 e. The Hall–Kier alpha value is 0.410. The minimum atomic E-state index is 0.538. The Morgan fingerprint density at radius 3 is 2.29 bits per heavy atom. The standard InChI is InChI=1S/C3H4Br2N2/c4-7(5)3-1-2-6/h1,3H2. The van der Waals surface area contributed by atoms with Crippen LogP contribution in [0.2, 0.25) is 0 Å². The predicted octanol–water partition coefficient (Wildman–Crippen LogP) is 1.82. The first kappa shape index (κ1) is 7.41. The molecule has 2 nitrogen and oxygen atoms in total. The van der Waals surface area contributed by atoms with Gasteiger partial charge in [-0.05, 0) is 0 Å². The van der Waals surface area contributed by atoms with Gasteiger partial charge in [0, 0.05) is 45.3 Å². The molecule has 0 aromatic heterocycles. The van der Waals surface area contributed by atoms with Crippen molar-refractivity contribution in [3.8, 4) is 6.07 Å². The predicted molar refractivity (Wildman–Crippen MR) is 34.8 cm³/mol. The molecular weight excluding hydrogens is 224 g/mol. The summed E-state index contributed by atoms with van der Waals surface area (Å²) in [5.41, 5.74) is 0. The van der Waals surface area contributed by atoms with E-state index in [1.54, 1.807) is 2.95 Å². The fourth-order valence-corrected chi connectivity index (χ4v) is 0.489. The number of hydrogen-bond donors (Lipinski definition) is 0. The van der Waals surface area contributed by atoms with Crippen molar-refractivity contribution in [3.63, 3.8) is 0 Å². The maximum absolute atomic E-state index is 8.00. The van der Waals surface area contributed by atoms with E-state index >= 15 is 0 Å². The molecule has 0 atom stereocenters. The maximum Gasteiger partial charge on any atom is 0.0635 e. The number of rotatable bonds is 2. The van der Waals surface area contributed by atoms with Crippen molar-refractivity contribution in [1.82, 2.24) is 2.95 Å². The summed E-state index contributed by atoms with van der Waals surface area (Å²) in [7, 11) is 0. The van der Waals surface area contributed by atoms with Crippen LogP contribution in [0.1, 0.15) is 6.42 Å². The lowest BCUT2D eigenvalue weighted by atomic mass is 10.5. The van der Waals surface area contributed by atoms with Crippen molar-refractivity contribution in [3.05, 3.63) is 0 Å². The number of halogens is 2. The van der Waals surface area contributed by atoms with Crippen LogP contribution in [0.15, 0.2) is 0 Å². The first-order valence-electron chi connectivity index (χ1n) is 1.73. The van der Waals surface area contributed by atoms with Crippen molar-refractivity contribution in [2.24, 2.45) is 0 Å². The summed E-state index contributed by atoms with van der Waals surface area (Å²) in [5.74, 6) is 0. The molecule has 0 amide bonds. The van der Waals surface area contributed by atoms with E-state index < -0.39 is 0 Å². The van der Waals surface area contributed by atoms with Gasteiger partial charge in [0.15, 0.2) is 0 Å². The fraction of sp³-hybridized carbons (Fsp3) is 0.667. The molecule has 0 unspecified atom stereocenters. The summed E-state index contributed by atoms with van der Waals surface area (Å²) in [6, 6.07) is 2.00. The van der Waals surface area contributed by atoms with Crippen LogP contribution in [-0.2, 0) is 0 Å². The van der Waals surface area contributed by atoms with E-state index in [1.807, 2.05) is 6.07 Å². The lowest BCUT2D eigenvalue weighted by Crippen LogP contribution is -1.95. The van der Waals surface area contributed by atoms with Gasteiger partial charge in [-0.25, -0.2) is 0 Å². The van der Waals surface area contributed by atoms with Crippen LogP contribution in [0.3, 0.4) is 0 Å². The van der Waals surface area contributed by atoms with Crippen LogP contribution in [0.25, 0.3) is 0 Å². The molecule has 0 aromatic rings. The van der Waals surface area contributed by atoms with Gasteiger partial charge in [-0.3, -0.25) is 0 Å². The van der Waals surface area contributed by atoms with E-state index in [1.165, 1.54) is 0 Å².